The van der Waals surface area contributed by atoms with Gasteiger partial charge in [0.25, 0.3) is 5.91 Å². The van der Waals surface area contributed by atoms with Crippen molar-refractivity contribution in [2.75, 3.05) is 0 Å². The van der Waals surface area contributed by atoms with Gasteiger partial charge in [-0.3, -0.25) is 4.79 Å². The summed E-state index contributed by atoms with van der Waals surface area (Å²) in [6.45, 7) is 6.51. The Labute approximate surface area is 103 Å². The van der Waals surface area contributed by atoms with E-state index in [0.29, 0.717) is 17.0 Å². The van der Waals surface area contributed by atoms with Gasteiger partial charge in [-0.2, -0.15) is 0 Å². The second kappa shape index (κ2) is 4.55. The van der Waals surface area contributed by atoms with E-state index >= 15 is 0 Å². The molecular weight excluding hydrogens is 214 g/mol. The molecule has 3 nitrogen and oxygen atoms in total. The fraction of sp³-hybridized carbons (Fsp3) is 0.643. The second-order valence-corrected chi connectivity index (χ2v) is 5.69. The molecule has 1 aromatic rings. The smallest absolute Gasteiger partial charge is 0.255 e. The lowest BCUT2D eigenvalue weighted by molar-refractivity contribution is 0.0934. The molecule has 94 valence electrons. The minimum absolute atomic E-state index is 0.0123. The monoisotopic (exact) mass is 235 g/mol. The predicted molar refractivity (Wildman–Crippen MR) is 67.0 cm³/mol. The van der Waals surface area contributed by atoms with Gasteiger partial charge in [0.05, 0.1) is 11.8 Å². The number of amides is 1. The maximum atomic E-state index is 12.1. The summed E-state index contributed by atoms with van der Waals surface area (Å²) in [4.78, 5) is 12.1. The van der Waals surface area contributed by atoms with Crippen molar-refractivity contribution in [3.05, 3.63) is 23.7 Å². The van der Waals surface area contributed by atoms with Crippen LogP contribution >= 0.6 is 0 Å². The molecule has 3 heteroatoms. The molecule has 0 aromatic carbocycles. The number of nitrogens with one attached hydrogen (secondary N) is 1. The first-order valence-corrected chi connectivity index (χ1v) is 6.39. The third-order valence-corrected chi connectivity index (χ3v) is 3.61. The van der Waals surface area contributed by atoms with Crippen molar-refractivity contribution in [3.8, 4) is 0 Å². The summed E-state index contributed by atoms with van der Waals surface area (Å²) in [5.41, 5.74) is 1.05. The van der Waals surface area contributed by atoms with Crippen molar-refractivity contribution in [1.82, 2.24) is 5.32 Å². The van der Waals surface area contributed by atoms with Gasteiger partial charge in [0, 0.05) is 12.5 Å². The minimum Gasteiger partial charge on any atom is -0.469 e. The Morgan fingerprint density at radius 3 is 2.94 bits per heavy atom. The molecule has 1 aliphatic carbocycles. The third-order valence-electron chi connectivity index (χ3n) is 3.61. The van der Waals surface area contributed by atoms with Crippen LogP contribution in [-0.2, 0) is 6.42 Å². The Bertz CT molecular complexity index is 406. The Kier molecular flexibility index (Phi) is 3.27. The number of carbonyl (C=O) groups is 1. The standard InChI is InChI=1S/C14H21NO2/c1-4-12-11(6-8-17-12)13(16)15-10-5-7-14(2,3)9-10/h6,8,10H,4-5,7,9H2,1-3H3,(H,15,16). The van der Waals surface area contributed by atoms with Gasteiger partial charge in [-0.1, -0.05) is 20.8 Å². The summed E-state index contributed by atoms with van der Waals surface area (Å²) < 4.78 is 5.28. The highest BCUT2D eigenvalue weighted by Crippen LogP contribution is 2.37. The molecule has 1 fully saturated rings. The van der Waals surface area contributed by atoms with E-state index in [4.69, 9.17) is 4.42 Å². The number of furan rings is 1. The van der Waals surface area contributed by atoms with Gasteiger partial charge < -0.3 is 9.73 Å². The van der Waals surface area contributed by atoms with Crippen LogP contribution in [0.3, 0.4) is 0 Å². The fourth-order valence-electron chi connectivity index (χ4n) is 2.64. The van der Waals surface area contributed by atoms with E-state index in [0.717, 1.165) is 25.0 Å². The van der Waals surface area contributed by atoms with Crippen molar-refractivity contribution >= 4 is 5.91 Å². The molecule has 1 unspecified atom stereocenters. The molecule has 1 aromatic heterocycles. The number of rotatable bonds is 3. The first-order valence-electron chi connectivity index (χ1n) is 6.39. The Morgan fingerprint density at radius 2 is 2.35 bits per heavy atom. The fourth-order valence-corrected chi connectivity index (χ4v) is 2.64. The largest absolute Gasteiger partial charge is 0.469 e. The van der Waals surface area contributed by atoms with E-state index in [2.05, 4.69) is 19.2 Å². The quantitative estimate of drug-likeness (QED) is 0.874. The lowest BCUT2D eigenvalue weighted by atomic mass is 9.92. The highest BCUT2D eigenvalue weighted by atomic mass is 16.3. The first-order chi connectivity index (χ1) is 8.02. The van der Waals surface area contributed by atoms with E-state index in [1.165, 1.54) is 6.42 Å². The topological polar surface area (TPSA) is 42.2 Å². The van der Waals surface area contributed by atoms with Crippen molar-refractivity contribution < 1.29 is 9.21 Å². The van der Waals surface area contributed by atoms with E-state index in [-0.39, 0.29) is 5.91 Å². The molecule has 1 amide bonds. The van der Waals surface area contributed by atoms with Gasteiger partial charge in [-0.25, -0.2) is 0 Å². The zero-order valence-electron chi connectivity index (χ0n) is 10.9. The van der Waals surface area contributed by atoms with Crippen LogP contribution in [0.1, 0.15) is 56.2 Å². The second-order valence-electron chi connectivity index (χ2n) is 5.69. The number of carbonyl (C=O) groups excluding carboxylic acids is 1. The van der Waals surface area contributed by atoms with Crippen molar-refractivity contribution in [1.29, 1.82) is 0 Å². The first kappa shape index (κ1) is 12.2. The van der Waals surface area contributed by atoms with E-state index < -0.39 is 0 Å². The molecule has 0 radical (unpaired) electrons. The minimum atomic E-state index is 0.0123. The zero-order valence-corrected chi connectivity index (χ0v) is 10.9. The van der Waals surface area contributed by atoms with E-state index in [9.17, 15) is 4.79 Å². The number of aryl methyl sites for hydroxylation is 1. The van der Waals surface area contributed by atoms with Crippen LogP contribution in [0, 0.1) is 5.41 Å². The molecule has 0 bridgehead atoms. The van der Waals surface area contributed by atoms with Gasteiger partial charge in [-0.15, -0.1) is 0 Å². The summed E-state index contributed by atoms with van der Waals surface area (Å²) >= 11 is 0. The molecule has 0 saturated heterocycles. The molecule has 1 N–H and O–H groups in total. The average Bonchev–Trinajstić information content (AvgIpc) is 2.84. The average molecular weight is 235 g/mol. The molecule has 2 rings (SSSR count). The summed E-state index contributed by atoms with van der Waals surface area (Å²) in [6, 6.07) is 2.07. The van der Waals surface area contributed by atoms with Crippen LogP contribution in [0.25, 0.3) is 0 Å². The Balaban J connectivity index is 1.98. The van der Waals surface area contributed by atoms with Crippen LogP contribution in [0.15, 0.2) is 16.7 Å². The van der Waals surface area contributed by atoms with Crippen molar-refractivity contribution in [2.45, 2.75) is 52.5 Å². The van der Waals surface area contributed by atoms with E-state index in [1.54, 1.807) is 12.3 Å². The third kappa shape index (κ3) is 2.71. The summed E-state index contributed by atoms with van der Waals surface area (Å²) in [6.07, 6.45) is 5.68. The van der Waals surface area contributed by atoms with Gasteiger partial charge in [0.1, 0.15) is 5.76 Å². The molecule has 0 aliphatic heterocycles. The number of hydrogen-bond donors (Lipinski definition) is 1. The molecule has 1 saturated carbocycles. The molecule has 17 heavy (non-hydrogen) atoms. The molecule has 1 atom stereocenters. The lowest BCUT2D eigenvalue weighted by Crippen LogP contribution is -2.33. The zero-order chi connectivity index (χ0) is 12.5. The van der Waals surface area contributed by atoms with Crippen molar-refractivity contribution in [2.24, 2.45) is 5.41 Å². The number of hydrogen-bond acceptors (Lipinski definition) is 2. The maximum absolute atomic E-state index is 12.1. The summed E-state index contributed by atoms with van der Waals surface area (Å²) in [7, 11) is 0. The SMILES string of the molecule is CCc1occc1C(=O)NC1CCC(C)(C)C1. The van der Waals surface area contributed by atoms with Gasteiger partial charge in [0.15, 0.2) is 0 Å². The van der Waals surface area contributed by atoms with Crippen LogP contribution in [-0.4, -0.2) is 11.9 Å². The van der Waals surface area contributed by atoms with Crippen LogP contribution in [0.5, 0.6) is 0 Å². The summed E-state index contributed by atoms with van der Waals surface area (Å²) in [5, 5.41) is 3.11. The predicted octanol–water partition coefficient (Wildman–Crippen LogP) is 3.15. The van der Waals surface area contributed by atoms with Gasteiger partial charge >= 0.3 is 0 Å². The maximum Gasteiger partial charge on any atom is 0.255 e. The Hall–Kier alpha value is -1.25. The normalized spacial score (nSPS) is 22.6. The summed E-state index contributed by atoms with van der Waals surface area (Å²) in [5.74, 6) is 0.790. The van der Waals surface area contributed by atoms with Crippen LogP contribution < -0.4 is 5.32 Å². The molecular formula is C14H21NO2. The highest BCUT2D eigenvalue weighted by molar-refractivity contribution is 5.95. The van der Waals surface area contributed by atoms with Gasteiger partial charge in [0.2, 0.25) is 0 Å². The Morgan fingerprint density at radius 1 is 1.59 bits per heavy atom. The molecule has 1 aliphatic rings. The van der Waals surface area contributed by atoms with E-state index in [1.807, 2.05) is 6.92 Å². The van der Waals surface area contributed by atoms with Crippen LogP contribution in [0.4, 0.5) is 0 Å². The van der Waals surface area contributed by atoms with Crippen molar-refractivity contribution in [3.63, 3.8) is 0 Å². The van der Waals surface area contributed by atoms with Gasteiger partial charge in [-0.05, 0) is 30.7 Å². The lowest BCUT2D eigenvalue weighted by Gasteiger charge is -2.17. The molecule has 1 heterocycles. The van der Waals surface area contributed by atoms with Crippen LogP contribution in [0.2, 0.25) is 0 Å². The highest BCUT2D eigenvalue weighted by Gasteiger charge is 2.32. The molecule has 0 spiro atoms.